The van der Waals surface area contributed by atoms with Crippen molar-refractivity contribution in [3.63, 3.8) is 0 Å². The Hall–Kier alpha value is -2.43. The summed E-state index contributed by atoms with van der Waals surface area (Å²) in [5.74, 6) is -0.147. The van der Waals surface area contributed by atoms with Gasteiger partial charge in [0.15, 0.2) is 0 Å². The Kier molecular flexibility index (Phi) is 3.74. The molecule has 1 saturated carbocycles. The van der Waals surface area contributed by atoms with Gasteiger partial charge in [0, 0.05) is 48.9 Å². The molecule has 4 nitrogen and oxygen atoms in total. The molecule has 1 aromatic carbocycles. The van der Waals surface area contributed by atoms with Crippen LogP contribution in [0.15, 0.2) is 36.5 Å². The summed E-state index contributed by atoms with van der Waals surface area (Å²) in [6, 6.07) is 9.61. The van der Waals surface area contributed by atoms with E-state index in [-0.39, 0.29) is 11.7 Å². The highest BCUT2D eigenvalue weighted by molar-refractivity contribution is 5.73. The van der Waals surface area contributed by atoms with Gasteiger partial charge in [-0.15, -0.1) is 0 Å². The second kappa shape index (κ2) is 5.83. The summed E-state index contributed by atoms with van der Waals surface area (Å²) >= 11 is 0. The zero-order chi connectivity index (χ0) is 17.6. The monoisotopic (exact) mass is 339 g/mol. The third-order valence-electron chi connectivity index (χ3n) is 5.40. The predicted molar refractivity (Wildman–Crippen MR) is 95.9 cm³/mol. The molecular weight excluding hydrogens is 317 g/mol. The normalized spacial score (nSPS) is 18.6. The average Bonchev–Trinajstić information content (AvgIpc) is 2.51. The Morgan fingerprint density at radius 1 is 1.28 bits per heavy atom. The minimum Gasteiger partial charge on any atom is -0.370 e. The van der Waals surface area contributed by atoms with E-state index in [0.717, 1.165) is 42.9 Å². The van der Waals surface area contributed by atoms with Crippen molar-refractivity contribution in [3.8, 4) is 11.3 Å². The van der Waals surface area contributed by atoms with E-state index >= 15 is 0 Å². The number of hydrogen-bond donors (Lipinski definition) is 1. The van der Waals surface area contributed by atoms with Gasteiger partial charge < -0.3 is 10.2 Å². The van der Waals surface area contributed by atoms with Crippen LogP contribution in [0.4, 0.5) is 10.1 Å². The van der Waals surface area contributed by atoms with Crippen LogP contribution in [0.5, 0.6) is 0 Å². The molecule has 1 aliphatic carbocycles. The zero-order valence-electron chi connectivity index (χ0n) is 14.6. The van der Waals surface area contributed by atoms with Crippen molar-refractivity contribution >= 4 is 11.6 Å². The first-order valence-electron chi connectivity index (χ1n) is 8.69. The van der Waals surface area contributed by atoms with Gasteiger partial charge in [0.2, 0.25) is 5.91 Å². The topological polar surface area (TPSA) is 45.2 Å². The van der Waals surface area contributed by atoms with Crippen LogP contribution in [0, 0.1) is 18.2 Å². The molecule has 0 bridgehead atoms. The van der Waals surface area contributed by atoms with Crippen molar-refractivity contribution in [2.24, 2.45) is 5.41 Å². The van der Waals surface area contributed by atoms with E-state index in [1.807, 2.05) is 18.2 Å². The van der Waals surface area contributed by atoms with Gasteiger partial charge in [-0.25, -0.2) is 4.39 Å². The second-order valence-corrected chi connectivity index (χ2v) is 7.53. The lowest BCUT2D eigenvalue weighted by molar-refractivity contribution is -0.121. The van der Waals surface area contributed by atoms with Crippen LogP contribution in [0.1, 0.15) is 25.3 Å². The van der Waals surface area contributed by atoms with Gasteiger partial charge in [-0.2, -0.15) is 0 Å². The van der Waals surface area contributed by atoms with Crippen molar-refractivity contribution in [1.29, 1.82) is 0 Å². The maximum atomic E-state index is 13.8. The molecule has 2 aliphatic rings. The van der Waals surface area contributed by atoms with Gasteiger partial charge >= 0.3 is 0 Å². The predicted octanol–water partition coefficient (Wildman–Crippen LogP) is 3.30. The maximum Gasteiger partial charge on any atom is 0.217 e. The van der Waals surface area contributed by atoms with E-state index in [1.165, 1.54) is 0 Å². The van der Waals surface area contributed by atoms with Gasteiger partial charge in [-0.3, -0.25) is 9.78 Å². The highest BCUT2D eigenvalue weighted by Crippen LogP contribution is 2.49. The summed E-state index contributed by atoms with van der Waals surface area (Å²) in [5.41, 5.74) is 3.71. The molecule has 5 heteroatoms. The fraction of sp³-hybridized carbons (Fsp3) is 0.400. The van der Waals surface area contributed by atoms with Crippen molar-refractivity contribution in [2.45, 2.75) is 32.7 Å². The van der Waals surface area contributed by atoms with Gasteiger partial charge in [0.1, 0.15) is 5.82 Å². The Balaban J connectivity index is 1.43. The first kappa shape index (κ1) is 16.1. The van der Waals surface area contributed by atoms with Crippen molar-refractivity contribution in [1.82, 2.24) is 10.3 Å². The minimum absolute atomic E-state index is 0.0557. The number of pyridine rings is 1. The number of aromatic nitrogens is 1. The molecule has 0 radical (unpaired) electrons. The number of amides is 1. The molecule has 1 aromatic heterocycles. The highest BCUT2D eigenvalue weighted by Gasteiger charge is 2.52. The van der Waals surface area contributed by atoms with Gasteiger partial charge in [0.05, 0.1) is 5.69 Å². The highest BCUT2D eigenvalue weighted by atomic mass is 19.1. The Morgan fingerprint density at radius 3 is 2.72 bits per heavy atom. The summed E-state index contributed by atoms with van der Waals surface area (Å²) < 4.78 is 13.8. The van der Waals surface area contributed by atoms with Crippen LogP contribution in [0.2, 0.25) is 0 Å². The SMILES string of the molecule is CC(=O)NC1CC2(C1)CN(c1ccnc(-c3ccc(C)c(F)c3)c1)C2. The number of rotatable bonds is 3. The van der Waals surface area contributed by atoms with Crippen molar-refractivity contribution in [3.05, 3.63) is 47.9 Å². The second-order valence-electron chi connectivity index (χ2n) is 7.53. The van der Waals surface area contributed by atoms with Crippen LogP contribution in [-0.4, -0.2) is 30.0 Å². The first-order valence-corrected chi connectivity index (χ1v) is 8.69. The Bertz CT molecular complexity index is 821. The molecule has 0 atom stereocenters. The summed E-state index contributed by atoms with van der Waals surface area (Å²) in [5, 5.41) is 2.99. The third kappa shape index (κ3) is 2.99. The molecule has 2 aromatic rings. The molecule has 1 amide bonds. The lowest BCUT2D eigenvalue weighted by Gasteiger charge is -2.60. The molecule has 2 fully saturated rings. The fourth-order valence-electron chi connectivity index (χ4n) is 4.11. The molecule has 1 spiro atoms. The number of aryl methyl sites for hydroxylation is 1. The van der Waals surface area contributed by atoms with Crippen LogP contribution < -0.4 is 10.2 Å². The molecule has 1 saturated heterocycles. The molecular formula is C20H22FN3O. The van der Waals surface area contributed by atoms with Crippen molar-refractivity contribution in [2.75, 3.05) is 18.0 Å². The van der Waals surface area contributed by atoms with E-state index in [2.05, 4.69) is 15.2 Å². The standard InChI is InChI=1S/C20H22FN3O/c1-13-3-4-15(7-18(13)21)19-8-17(5-6-22-19)24-11-20(12-24)9-16(10-20)23-14(2)25/h3-8,16H,9-12H2,1-2H3,(H,23,25). The van der Waals surface area contributed by atoms with Crippen LogP contribution in [0.3, 0.4) is 0 Å². The summed E-state index contributed by atoms with van der Waals surface area (Å²) in [6.07, 6.45) is 3.91. The molecule has 130 valence electrons. The number of hydrogen-bond acceptors (Lipinski definition) is 3. The van der Waals surface area contributed by atoms with E-state index in [0.29, 0.717) is 17.0 Å². The lowest BCUT2D eigenvalue weighted by Crippen LogP contribution is -2.66. The number of nitrogens with one attached hydrogen (secondary N) is 1. The summed E-state index contributed by atoms with van der Waals surface area (Å²) in [4.78, 5) is 17.8. The van der Waals surface area contributed by atoms with Crippen molar-refractivity contribution < 1.29 is 9.18 Å². The van der Waals surface area contributed by atoms with Crippen LogP contribution in [-0.2, 0) is 4.79 Å². The number of nitrogens with zero attached hydrogens (tertiary/aromatic N) is 2. The molecule has 2 heterocycles. The quantitative estimate of drug-likeness (QED) is 0.933. The van der Waals surface area contributed by atoms with Gasteiger partial charge in [0.25, 0.3) is 0 Å². The molecule has 25 heavy (non-hydrogen) atoms. The molecule has 1 aliphatic heterocycles. The van der Waals surface area contributed by atoms with Gasteiger partial charge in [-0.05, 0) is 43.5 Å². The largest absolute Gasteiger partial charge is 0.370 e. The number of halogens is 1. The number of carbonyl (C=O) groups is 1. The third-order valence-corrected chi connectivity index (χ3v) is 5.40. The zero-order valence-corrected chi connectivity index (χ0v) is 14.6. The maximum absolute atomic E-state index is 13.8. The average molecular weight is 339 g/mol. The molecule has 4 rings (SSSR count). The van der Waals surface area contributed by atoms with E-state index < -0.39 is 0 Å². The number of carbonyl (C=O) groups excluding carboxylic acids is 1. The first-order chi connectivity index (χ1) is 11.9. The molecule has 0 unspecified atom stereocenters. The number of benzene rings is 1. The Labute approximate surface area is 147 Å². The van der Waals surface area contributed by atoms with Gasteiger partial charge in [-0.1, -0.05) is 12.1 Å². The summed E-state index contributed by atoms with van der Waals surface area (Å²) in [7, 11) is 0. The smallest absolute Gasteiger partial charge is 0.217 e. The number of anilines is 1. The minimum atomic E-state index is -0.203. The Morgan fingerprint density at radius 2 is 2.04 bits per heavy atom. The van der Waals surface area contributed by atoms with E-state index in [1.54, 1.807) is 32.2 Å². The van der Waals surface area contributed by atoms with Crippen LogP contribution >= 0.6 is 0 Å². The fourth-order valence-corrected chi connectivity index (χ4v) is 4.11. The van der Waals surface area contributed by atoms with Crippen LogP contribution in [0.25, 0.3) is 11.3 Å². The van der Waals surface area contributed by atoms with E-state index in [4.69, 9.17) is 0 Å². The van der Waals surface area contributed by atoms with E-state index in [9.17, 15) is 9.18 Å². The summed E-state index contributed by atoms with van der Waals surface area (Å²) in [6.45, 7) is 5.35. The molecule has 1 N–H and O–H groups in total. The lowest BCUT2D eigenvalue weighted by atomic mass is 9.60.